The molecule has 110 valence electrons. The molecule has 1 fully saturated rings. The average molecular weight is 301 g/mol. The molecule has 20 heavy (non-hydrogen) atoms. The van der Waals surface area contributed by atoms with E-state index in [2.05, 4.69) is 0 Å². The fourth-order valence-electron chi connectivity index (χ4n) is 2.07. The molecule has 0 bridgehead atoms. The van der Waals surface area contributed by atoms with Crippen LogP contribution in [0.3, 0.4) is 0 Å². The highest BCUT2D eigenvalue weighted by Crippen LogP contribution is 2.30. The summed E-state index contributed by atoms with van der Waals surface area (Å²) in [6.07, 6.45) is 0. The minimum Gasteiger partial charge on any atom is -0.481 e. The van der Waals surface area contributed by atoms with Crippen molar-refractivity contribution in [3.63, 3.8) is 0 Å². The van der Waals surface area contributed by atoms with Gasteiger partial charge >= 0.3 is 5.97 Å². The molecule has 0 amide bonds. The number of carboxylic acid groups (broad SMARTS) is 1. The molecule has 1 unspecified atom stereocenters. The van der Waals surface area contributed by atoms with Gasteiger partial charge in [-0.05, 0) is 30.5 Å². The molecule has 1 aromatic carbocycles. The standard InChI is InChI=1S/C13H16FNO4S/c1-8-3-4-11(5-12(8)14)20(18,19)15-6-10(7-15)9(2)13(16)17/h3-5,9-10H,6-7H2,1-2H3,(H,16,17). The van der Waals surface area contributed by atoms with Crippen LogP contribution in [-0.2, 0) is 14.8 Å². The predicted octanol–water partition coefficient (Wildman–Crippen LogP) is 1.48. The Balaban J connectivity index is 2.14. The number of nitrogens with zero attached hydrogens (tertiary/aromatic N) is 1. The van der Waals surface area contributed by atoms with Crippen LogP contribution in [0.1, 0.15) is 12.5 Å². The predicted molar refractivity (Wildman–Crippen MR) is 70.2 cm³/mol. The first-order valence-corrected chi connectivity index (χ1v) is 7.66. The molecule has 1 atom stereocenters. The Morgan fingerprint density at radius 3 is 2.55 bits per heavy atom. The van der Waals surface area contributed by atoms with Gasteiger partial charge < -0.3 is 5.11 Å². The van der Waals surface area contributed by atoms with E-state index < -0.39 is 27.7 Å². The van der Waals surface area contributed by atoms with Gasteiger partial charge in [-0.2, -0.15) is 4.31 Å². The van der Waals surface area contributed by atoms with Crippen LogP contribution < -0.4 is 0 Å². The van der Waals surface area contributed by atoms with Gasteiger partial charge in [0.05, 0.1) is 10.8 Å². The summed E-state index contributed by atoms with van der Waals surface area (Å²) >= 11 is 0. The summed E-state index contributed by atoms with van der Waals surface area (Å²) in [5, 5.41) is 8.87. The van der Waals surface area contributed by atoms with E-state index in [-0.39, 0.29) is 23.9 Å². The number of rotatable bonds is 4. The number of carboxylic acids is 1. The smallest absolute Gasteiger partial charge is 0.306 e. The van der Waals surface area contributed by atoms with Crippen LogP contribution in [-0.4, -0.2) is 36.9 Å². The number of aryl methyl sites for hydroxylation is 1. The molecule has 1 saturated heterocycles. The van der Waals surface area contributed by atoms with Gasteiger partial charge in [-0.25, -0.2) is 12.8 Å². The van der Waals surface area contributed by atoms with Gasteiger partial charge in [-0.1, -0.05) is 13.0 Å². The summed E-state index contributed by atoms with van der Waals surface area (Å²) < 4.78 is 39.1. The summed E-state index contributed by atoms with van der Waals surface area (Å²) in [6.45, 7) is 3.43. The minimum atomic E-state index is -3.73. The molecular formula is C13H16FNO4S. The van der Waals surface area contributed by atoms with Crippen LogP contribution in [0.15, 0.2) is 23.1 Å². The molecule has 0 radical (unpaired) electrons. The van der Waals surface area contributed by atoms with Crippen LogP contribution in [0.5, 0.6) is 0 Å². The number of hydrogen-bond donors (Lipinski definition) is 1. The number of sulfonamides is 1. The molecule has 1 aromatic rings. The Labute approximate surface area is 117 Å². The number of aliphatic carboxylic acids is 1. The van der Waals surface area contributed by atoms with Crippen molar-refractivity contribution in [2.24, 2.45) is 11.8 Å². The second-order valence-corrected chi connectivity index (χ2v) is 7.06. The topological polar surface area (TPSA) is 74.7 Å². The molecule has 7 heteroatoms. The maximum absolute atomic E-state index is 13.4. The average Bonchev–Trinajstić information content (AvgIpc) is 2.29. The van der Waals surface area contributed by atoms with Crippen molar-refractivity contribution in [3.8, 4) is 0 Å². The first-order valence-electron chi connectivity index (χ1n) is 6.22. The van der Waals surface area contributed by atoms with E-state index >= 15 is 0 Å². The lowest BCUT2D eigenvalue weighted by Gasteiger charge is -2.39. The third-order valence-electron chi connectivity index (χ3n) is 3.75. The van der Waals surface area contributed by atoms with Crippen LogP contribution in [0.2, 0.25) is 0 Å². The molecule has 0 saturated carbocycles. The van der Waals surface area contributed by atoms with E-state index in [4.69, 9.17) is 5.11 Å². The van der Waals surface area contributed by atoms with Crippen molar-refractivity contribution >= 4 is 16.0 Å². The molecule has 5 nitrogen and oxygen atoms in total. The van der Waals surface area contributed by atoms with Crippen molar-refractivity contribution < 1.29 is 22.7 Å². The summed E-state index contributed by atoms with van der Waals surface area (Å²) in [7, 11) is -3.73. The Morgan fingerprint density at radius 2 is 2.05 bits per heavy atom. The van der Waals surface area contributed by atoms with E-state index in [1.165, 1.54) is 16.4 Å². The van der Waals surface area contributed by atoms with Gasteiger partial charge in [-0.15, -0.1) is 0 Å². The summed E-state index contributed by atoms with van der Waals surface area (Å²) in [5.41, 5.74) is 0.380. The van der Waals surface area contributed by atoms with Gasteiger partial charge in [0.25, 0.3) is 0 Å². The molecule has 2 rings (SSSR count). The van der Waals surface area contributed by atoms with Crippen molar-refractivity contribution in [1.82, 2.24) is 4.31 Å². The number of carbonyl (C=O) groups is 1. The van der Waals surface area contributed by atoms with Gasteiger partial charge in [0.15, 0.2) is 0 Å². The maximum atomic E-state index is 13.4. The maximum Gasteiger partial charge on any atom is 0.306 e. The molecule has 0 aliphatic carbocycles. The Bertz CT molecular complexity index is 638. The third-order valence-corrected chi connectivity index (χ3v) is 5.58. The highest BCUT2D eigenvalue weighted by atomic mass is 32.2. The quantitative estimate of drug-likeness (QED) is 0.914. The fourth-order valence-corrected chi connectivity index (χ4v) is 3.63. The van der Waals surface area contributed by atoms with Crippen LogP contribution in [0.25, 0.3) is 0 Å². The minimum absolute atomic E-state index is 0.0953. The highest BCUT2D eigenvalue weighted by Gasteiger charge is 2.41. The number of benzene rings is 1. The Morgan fingerprint density at radius 1 is 1.45 bits per heavy atom. The fraction of sp³-hybridized carbons (Fsp3) is 0.462. The molecule has 1 heterocycles. The van der Waals surface area contributed by atoms with Crippen molar-refractivity contribution in [3.05, 3.63) is 29.6 Å². The van der Waals surface area contributed by atoms with Crippen molar-refractivity contribution in [2.45, 2.75) is 18.7 Å². The number of hydrogen-bond acceptors (Lipinski definition) is 3. The molecular weight excluding hydrogens is 285 g/mol. The van der Waals surface area contributed by atoms with E-state index in [1.807, 2.05) is 0 Å². The third kappa shape index (κ3) is 2.55. The van der Waals surface area contributed by atoms with Gasteiger partial charge in [0.1, 0.15) is 5.82 Å². The van der Waals surface area contributed by atoms with E-state index in [1.54, 1.807) is 13.8 Å². The molecule has 1 aliphatic heterocycles. The zero-order valence-corrected chi connectivity index (χ0v) is 12.0. The van der Waals surface area contributed by atoms with Crippen LogP contribution >= 0.6 is 0 Å². The van der Waals surface area contributed by atoms with Crippen LogP contribution in [0, 0.1) is 24.6 Å². The van der Waals surface area contributed by atoms with E-state index in [0.29, 0.717) is 5.56 Å². The first-order chi connectivity index (χ1) is 9.23. The van der Waals surface area contributed by atoms with Crippen molar-refractivity contribution in [2.75, 3.05) is 13.1 Å². The zero-order chi connectivity index (χ0) is 15.1. The summed E-state index contributed by atoms with van der Waals surface area (Å²) in [5.74, 6) is -2.29. The van der Waals surface area contributed by atoms with Gasteiger partial charge in [0, 0.05) is 13.1 Å². The molecule has 0 aromatic heterocycles. The van der Waals surface area contributed by atoms with E-state index in [9.17, 15) is 17.6 Å². The SMILES string of the molecule is Cc1ccc(S(=O)(=O)N2CC(C(C)C(=O)O)C2)cc1F. The lowest BCUT2D eigenvalue weighted by molar-refractivity contribution is -0.144. The Kier molecular flexibility index (Phi) is 3.84. The zero-order valence-electron chi connectivity index (χ0n) is 11.2. The highest BCUT2D eigenvalue weighted by molar-refractivity contribution is 7.89. The first kappa shape index (κ1) is 14.9. The molecule has 1 N–H and O–H groups in total. The van der Waals surface area contributed by atoms with E-state index in [0.717, 1.165) is 6.07 Å². The largest absolute Gasteiger partial charge is 0.481 e. The second-order valence-electron chi connectivity index (χ2n) is 5.12. The molecule has 1 aliphatic rings. The summed E-state index contributed by atoms with van der Waals surface area (Å²) in [4.78, 5) is 10.7. The van der Waals surface area contributed by atoms with Gasteiger partial charge in [-0.3, -0.25) is 4.79 Å². The Hall–Kier alpha value is -1.47. The lowest BCUT2D eigenvalue weighted by atomic mass is 9.89. The van der Waals surface area contributed by atoms with Gasteiger partial charge in [0.2, 0.25) is 10.0 Å². The van der Waals surface area contributed by atoms with Crippen molar-refractivity contribution in [1.29, 1.82) is 0 Å². The number of halogens is 1. The molecule has 0 spiro atoms. The van der Waals surface area contributed by atoms with Crippen LogP contribution in [0.4, 0.5) is 4.39 Å². The monoisotopic (exact) mass is 301 g/mol. The normalized spacial score (nSPS) is 18.6. The summed E-state index contributed by atoms with van der Waals surface area (Å²) in [6, 6.07) is 3.78. The second kappa shape index (κ2) is 5.14. The lowest BCUT2D eigenvalue weighted by Crippen LogP contribution is -2.53.